The molecule has 1 atom stereocenters. The number of rotatable bonds is 3. The van der Waals surface area contributed by atoms with Gasteiger partial charge in [0.25, 0.3) is 0 Å². The number of aromatic nitrogens is 2. The second-order valence-corrected chi connectivity index (χ2v) is 5.32. The molecule has 2 aromatic carbocycles. The third kappa shape index (κ3) is 3.05. The van der Waals surface area contributed by atoms with Gasteiger partial charge in [0.15, 0.2) is 0 Å². The van der Waals surface area contributed by atoms with Gasteiger partial charge in [-0.1, -0.05) is 36.4 Å². The summed E-state index contributed by atoms with van der Waals surface area (Å²) in [6.07, 6.45) is 0. The van der Waals surface area contributed by atoms with Crippen LogP contribution in [0.3, 0.4) is 0 Å². The van der Waals surface area contributed by atoms with Crippen LogP contribution in [-0.4, -0.2) is 9.78 Å². The fraction of sp³-hybridized carbons (Fsp3) is 0.111. The predicted octanol–water partition coefficient (Wildman–Crippen LogP) is 2.73. The fourth-order valence-corrected chi connectivity index (χ4v) is 2.46. The predicted molar refractivity (Wildman–Crippen MR) is 87.0 cm³/mol. The van der Waals surface area contributed by atoms with Gasteiger partial charge in [-0.05, 0) is 30.7 Å². The van der Waals surface area contributed by atoms with Gasteiger partial charge >= 0.3 is 0 Å². The van der Waals surface area contributed by atoms with E-state index in [1.807, 2.05) is 30.3 Å². The van der Waals surface area contributed by atoms with Gasteiger partial charge in [0.05, 0.1) is 11.7 Å². The summed E-state index contributed by atoms with van der Waals surface area (Å²) in [7, 11) is 0. The van der Waals surface area contributed by atoms with E-state index in [9.17, 15) is 9.18 Å². The highest BCUT2D eigenvalue weighted by molar-refractivity contribution is 5.34. The van der Waals surface area contributed by atoms with E-state index in [2.05, 4.69) is 5.10 Å². The van der Waals surface area contributed by atoms with Crippen LogP contribution in [-0.2, 0) is 0 Å². The van der Waals surface area contributed by atoms with Crippen molar-refractivity contribution < 1.29 is 4.39 Å². The summed E-state index contributed by atoms with van der Waals surface area (Å²) < 4.78 is 15.0. The van der Waals surface area contributed by atoms with Crippen LogP contribution < -0.4 is 11.2 Å². The van der Waals surface area contributed by atoms with Crippen LogP contribution in [0.4, 0.5) is 4.39 Å². The zero-order valence-electron chi connectivity index (χ0n) is 12.6. The molecule has 0 saturated heterocycles. The Morgan fingerprint density at radius 3 is 2.52 bits per heavy atom. The molecule has 1 aromatic heterocycles. The molecule has 5 heteroatoms. The molecule has 23 heavy (non-hydrogen) atoms. The van der Waals surface area contributed by atoms with E-state index in [4.69, 9.17) is 5.73 Å². The SMILES string of the molecule is Cc1cc(=O)c(C(N)c2ccccc2)nn1-c1cccc(F)c1. The van der Waals surface area contributed by atoms with E-state index in [0.29, 0.717) is 11.4 Å². The Hall–Kier alpha value is -2.79. The lowest BCUT2D eigenvalue weighted by atomic mass is 10.0. The molecular formula is C18H16FN3O. The average Bonchev–Trinajstić information content (AvgIpc) is 2.55. The molecular weight excluding hydrogens is 293 g/mol. The summed E-state index contributed by atoms with van der Waals surface area (Å²) in [6, 6.07) is 16.2. The highest BCUT2D eigenvalue weighted by Gasteiger charge is 2.16. The van der Waals surface area contributed by atoms with Crippen molar-refractivity contribution in [2.45, 2.75) is 13.0 Å². The Bertz CT molecular complexity index is 890. The summed E-state index contributed by atoms with van der Waals surface area (Å²) >= 11 is 0. The molecule has 0 spiro atoms. The summed E-state index contributed by atoms with van der Waals surface area (Å²) in [5.41, 5.74) is 8.15. The van der Waals surface area contributed by atoms with Crippen LogP contribution in [0.2, 0.25) is 0 Å². The summed E-state index contributed by atoms with van der Waals surface area (Å²) in [5.74, 6) is -0.365. The molecule has 1 unspecified atom stereocenters. The molecule has 0 aliphatic heterocycles. The third-order valence-electron chi connectivity index (χ3n) is 3.64. The summed E-state index contributed by atoms with van der Waals surface area (Å²) in [5, 5.41) is 4.37. The van der Waals surface area contributed by atoms with E-state index in [0.717, 1.165) is 5.56 Å². The number of nitrogens with zero attached hydrogens (tertiary/aromatic N) is 2. The van der Waals surface area contributed by atoms with Gasteiger partial charge in [-0.15, -0.1) is 0 Å². The van der Waals surface area contributed by atoms with Crippen molar-refractivity contribution in [1.82, 2.24) is 9.78 Å². The van der Waals surface area contributed by atoms with E-state index >= 15 is 0 Å². The highest BCUT2D eigenvalue weighted by atomic mass is 19.1. The van der Waals surface area contributed by atoms with Gasteiger partial charge < -0.3 is 5.73 Å². The lowest BCUT2D eigenvalue weighted by Gasteiger charge is -2.15. The standard InChI is InChI=1S/C18H16FN3O/c1-12-10-16(23)18(17(20)13-6-3-2-4-7-13)21-22(12)15-9-5-8-14(19)11-15/h2-11,17H,20H2,1H3. The van der Waals surface area contributed by atoms with Crippen LogP contribution in [0, 0.1) is 12.7 Å². The Labute approximate surface area is 133 Å². The van der Waals surface area contributed by atoms with Crippen molar-refractivity contribution in [3.8, 4) is 5.69 Å². The smallest absolute Gasteiger partial charge is 0.205 e. The van der Waals surface area contributed by atoms with E-state index in [1.165, 1.54) is 22.9 Å². The Morgan fingerprint density at radius 2 is 1.83 bits per heavy atom. The molecule has 0 fully saturated rings. The molecule has 0 amide bonds. The second-order valence-electron chi connectivity index (χ2n) is 5.32. The lowest BCUT2D eigenvalue weighted by molar-refractivity contribution is 0.623. The van der Waals surface area contributed by atoms with Crippen molar-refractivity contribution in [2.24, 2.45) is 5.73 Å². The monoisotopic (exact) mass is 309 g/mol. The number of hydrogen-bond acceptors (Lipinski definition) is 3. The fourth-order valence-electron chi connectivity index (χ4n) is 2.46. The van der Waals surface area contributed by atoms with Crippen molar-refractivity contribution in [1.29, 1.82) is 0 Å². The molecule has 3 rings (SSSR count). The van der Waals surface area contributed by atoms with Gasteiger partial charge in [-0.3, -0.25) is 4.79 Å². The average molecular weight is 309 g/mol. The summed E-state index contributed by atoms with van der Waals surface area (Å²) in [4.78, 5) is 12.3. The number of benzene rings is 2. The molecule has 0 bridgehead atoms. The molecule has 4 nitrogen and oxygen atoms in total. The molecule has 0 saturated carbocycles. The Morgan fingerprint density at radius 1 is 1.09 bits per heavy atom. The maximum absolute atomic E-state index is 13.5. The number of halogens is 1. The lowest BCUT2D eigenvalue weighted by Crippen LogP contribution is -2.26. The van der Waals surface area contributed by atoms with Gasteiger partial charge in [-0.2, -0.15) is 5.10 Å². The molecule has 0 aliphatic rings. The number of aryl methyl sites for hydroxylation is 1. The maximum Gasteiger partial charge on any atom is 0.205 e. The van der Waals surface area contributed by atoms with Crippen LogP contribution in [0.1, 0.15) is 23.0 Å². The minimum Gasteiger partial charge on any atom is -0.319 e. The van der Waals surface area contributed by atoms with E-state index in [1.54, 1.807) is 19.1 Å². The van der Waals surface area contributed by atoms with Crippen LogP contribution in [0.5, 0.6) is 0 Å². The first-order chi connectivity index (χ1) is 11.1. The summed E-state index contributed by atoms with van der Waals surface area (Å²) in [6.45, 7) is 1.75. The highest BCUT2D eigenvalue weighted by Crippen LogP contribution is 2.16. The minimum atomic E-state index is -0.635. The first kappa shape index (κ1) is 15.1. The van der Waals surface area contributed by atoms with Crippen LogP contribution in [0.15, 0.2) is 65.5 Å². The van der Waals surface area contributed by atoms with Crippen LogP contribution in [0.25, 0.3) is 5.69 Å². The zero-order valence-corrected chi connectivity index (χ0v) is 12.6. The van der Waals surface area contributed by atoms with Gasteiger partial charge in [0.2, 0.25) is 5.43 Å². The van der Waals surface area contributed by atoms with Gasteiger partial charge in [0.1, 0.15) is 11.5 Å². The van der Waals surface area contributed by atoms with Gasteiger partial charge in [-0.25, -0.2) is 9.07 Å². The maximum atomic E-state index is 13.5. The minimum absolute atomic E-state index is 0.228. The van der Waals surface area contributed by atoms with Crippen molar-refractivity contribution in [3.05, 3.63) is 93.7 Å². The molecule has 0 radical (unpaired) electrons. The van der Waals surface area contributed by atoms with Crippen molar-refractivity contribution >= 4 is 0 Å². The number of hydrogen-bond donors (Lipinski definition) is 1. The van der Waals surface area contributed by atoms with Crippen LogP contribution >= 0.6 is 0 Å². The normalized spacial score (nSPS) is 12.1. The first-order valence-corrected chi connectivity index (χ1v) is 7.23. The number of nitrogens with two attached hydrogens (primary N) is 1. The molecule has 3 aromatic rings. The zero-order chi connectivity index (χ0) is 16.4. The second kappa shape index (κ2) is 6.14. The molecule has 1 heterocycles. The molecule has 2 N–H and O–H groups in total. The first-order valence-electron chi connectivity index (χ1n) is 7.23. The van der Waals surface area contributed by atoms with E-state index in [-0.39, 0.29) is 16.9 Å². The quantitative estimate of drug-likeness (QED) is 0.809. The van der Waals surface area contributed by atoms with Crippen molar-refractivity contribution in [2.75, 3.05) is 0 Å². The third-order valence-corrected chi connectivity index (χ3v) is 3.64. The molecule has 0 aliphatic carbocycles. The van der Waals surface area contributed by atoms with Gasteiger partial charge in [0, 0.05) is 11.8 Å². The van der Waals surface area contributed by atoms with E-state index < -0.39 is 6.04 Å². The Balaban J connectivity index is 2.12. The molecule has 116 valence electrons. The Kier molecular flexibility index (Phi) is 4.04. The largest absolute Gasteiger partial charge is 0.319 e. The van der Waals surface area contributed by atoms with Crippen molar-refractivity contribution in [3.63, 3.8) is 0 Å². The topological polar surface area (TPSA) is 60.9 Å².